The number of hydrogen-bond donors (Lipinski definition) is 5. The molecule has 6 atom stereocenters. The highest BCUT2D eigenvalue weighted by Gasteiger charge is 2.41. The van der Waals surface area contributed by atoms with Crippen LogP contribution in [0.2, 0.25) is 0 Å². The maximum absolute atomic E-state index is 16.4. The number of fused-ring (bicyclic) bond motifs is 2. The van der Waals surface area contributed by atoms with Crippen molar-refractivity contribution in [3.63, 3.8) is 0 Å². The number of H-pyrrole nitrogens is 2. The van der Waals surface area contributed by atoms with Gasteiger partial charge in [-0.2, -0.15) is 0 Å². The first-order valence-corrected chi connectivity index (χ1v) is 24.1. The zero-order chi connectivity index (χ0) is 47.1. The second-order valence-electron chi connectivity index (χ2n) is 19.4. The average molecular weight is 919 g/mol. The Labute approximate surface area is 390 Å². The Hall–Kier alpha value is -6.39. The van der Waals surface area contributed by atoms with Gasteiger partial charge < -0.3 is 50.0 Å². The number of ether oxygens (including phenoxy) is 1. The minimum atomic E-state index is -1.23. The van der Waals surface area contributed by atoms with Gasteiger partial charge in [0, 0.05) is 31.9 Å². The van der Waals surface area contributed by atoms with Gasteiger partial charge in [-0.25, -0.2) is 23.9 Å². The summed E-state index contributed by atoms with van der Waals surface area (Å²) >= 11 is 0. The third kappa shape index (κ3) is 9.08. The van der Waals surface area contributed by atoms with Crippen molar-refractivity contribution < 1.29 is 33.4 Å². The molecule has 356 valence electrons. The van der Waals surface area contributed by atoms with Crippen LogP contribution in [0.5, 0.6) is 0 Å². The molecule has 4 fully saturated rings. The number of carbonyl (C=O) groups is 4. The van der Waals surface area contributed by atoms with Gasteiger partial charge in [-0.05, 0) is 123 Å². The van der Waals surface area contributed by atoms with Gasteiger partial charge >= 0.3 is 12.2 Å². The summed E-state index contributed by atoms with van der Waals surface area (Å²) in [6.45, 7) is 10.2. The van der Waals surface area contributed by atoms with Crippen LogP contribution in [0.25, 0.3) is 22.1 Å². The molecule has 5 aromatic rings. The maximum Gasteiger partial charge on any atom is 0.407 e. The second-order valence-corrected chi connectivity index (χ2v) is 19.4. The minimum Gasteiger partial charge on any atom is -0.465 e. The average Bonchev–Trinajstić information content (AvgIpc) is 4.18. The van der Waals surface area contributed by atoms with Crippen LogP contribution >= 0.6 is 0 Å². The molecule has 5 N–H and O–H groups in total. The molecule has 0 spiro atoms. The van der Waals surface area contributed by atoms with Crippen molar-refractivity contribution in [3.8, 4) is 0 Å². The number of hydrogen-bond acceptors (Lipinski definition) is 9. The van der Waals surface area contributed by atoms with Crippen LogP contribution in [0.3, 0.4) is 0 Å². The van der Waals surface area contributed by atoms with Crippen molar-refractivity contribution in [1.29, 1.82) is 0 Å². The summed E-state index contributed by atoms with van der Waals surface area (Å²) in [4.78, 5) is 76.5. The summed E-state index contributed by atoms with van der Waals surface area (Å²) in [5.41, 5.74) is 6.75. The normalized spacial score (nSPS) is 22.0. The largest absolute Gasteiger partial charge is 0.465 e. The lowest BCUT2D eigenvalue weighted by Gasteiger charge is -2.34. The van der Waals surface area contributed by atoms with E-state index < -0.39 is 24.3 Å². The van der Waals surface area contributed by atoms with Crippen LogP contribution in [-0.4, -0.2) is 104 Å². The molecule has 0 aliphatic carbocycles. The number of amides is 4. The Morgan fingerprint density at radius 3 is 1.67 bits per heavy atom. The number of anilines is 2. The van der Waals surface area contributed by atoms with E-state index in [2.05, 4.69) is 60.7 Å². The summed E-state index contributed by atoms with van der Waals surface area (Å²) in [6.07, 6.45) is 6.00. The van der Waals surface area contributed by atoms with Gasteiger partial charge in [0.15, 0.2) is 0 Å². The third-order valence-electron chi connectivity index (χ3n) is 14.4. The lowest BCUT2D eigenvalue weighted by Crippen LogP contribution is -2.51. The van der Waals surface area contributed by atoms with Gasteiger partial charge in [-0.15, -0.1) is 0 Å². The number of aromatic nitrogens is 4. The SMILES string of the molecule is COC(=O)N[C@H](C(=O)N1CCC[C@H]1c1nc2ccc([C@H]3CC[C@H](c4ccc5nc([C@@H]6CCCN6C(=O)[C@@H](NC(=O)O)C(C)C)[nH]c5c4)N3c3ccc(N4CCCCC4)c(F)c3)cc2[nH]1)C(C)C. The van der Waals surface area contributed by atoms with Gasteiger partial charge in [0.2, 0.25) is 11.8 Å². The molecule has 67 heavy (non-hydrogen) atoms. The fraction of sp³-hybridized carbons (Fsp3) is 0.520. The fourth-order valence-corrected chi connectivity index (χ4v) is 11.0. The number of methoxy groups -OCH3 is 1. The first-order chi connectivity index (χ1) is 32.3. The van der Waals surface area contributed by atoms with E-state index in [-0.39, 0.29) is 53.6 Å². The number of piperidine rings is 1. The maximum atomic E-state index is 16.4. The number of carbonyl (C=O) groups excluding carboxylic acids is 3. The summed E-state index contributed by atoms with van der Waals surface area (Å²) in [7, 11) is 1.29. The molecule has 0 bridgehead atoms. The number of likely N-dealkylation sites (tertiary alicyclic amines) is 2. The Morgan fingerprint density at radius 1 is 0.672 bits per heavy atom. The van der Waals surface area contributed by atoms with Crippen molar-refractivity contribution in [2.45, 2.75) is 122 Å². The molecule has 6 heterocycles. The molecule has 16 nitrogen and oxygen atoms in total. The first-order valence-electron chi connectivity index (χ1n) is 24.1. The molecule has 4 aliphatic rings. The van der Waals surface area contributed by atoms with E-state index in [0.717, 1.165) is 103 Å². The van der Waals surface area contributed by atoms with Crippen molar-refractivity contribution in [2.24, 2.45) is 11.8 Å². The van der Waals surface area contributed by atoms with Gasteiger partial charge in [-0.1, -0.05) is 39.8 Å². The lowest BCUT2D eigenvalue weighted by atomic mass is 10.0. The molecule has 0 unspecified atom stereocenters. The minimum absolute atomic E-state index is 0.110. The van der Waals surface area contributed by atoms with Gasteiger partial charge in [0.05, 0.1) is 59.0 Å². The molecule has 4 saturated heterocycles. The molecule has 17 heteroatoms. The topological polar surface area (TPSA) is 192 Å². The standard InChI is InChI=1S/C50H63FN10O6/c1-28(2)43(56-49(64)65)47(62)59-23-9-11-41(59)45-52-34-16-13-30(25-36(34)54-45)38-19-20-39(61(38)32-15-18-40(33(51)27-32)58-21-7-6-8-22-58)31-14-17-35-37(26-31)55-46(53-35)42-12-10-24-60(42)48(63)44(29(3)4)57-50(66)67-5/h13-18,25-29,38-39,41-44,56H,6-12,19-24H2,1-5H3,(H,52,54)(H,53,55)(H,57,66)(H,64,65)/t38-,39-,41+,42+,43+,44+/m1/s1. The smallest absolute Gasteiger partial charge is 0.407 e. The number of imidazole rings is 2. The Kier molecular flexibility index (Phi) is 13.0. The molecule has 0 radical (unpaired) electrons. The molecular weight excluding hydrogens is 856 g/mol. The third-order valence-corrected chi connectivity index (χ3v) is 14.4. The summed E-state index contributed by atoms with van der Waals surface area (Å²) < 4.78 is 21.2. The quantitative estimate of drug-likeness (QED) is 0.0809. The Bertz CT molecular complexity index is 2640. The number of aromatic amines is 2. The molecule has 0 saturated carbocycles. The number of alkyl carbamates (subject to hydrolysis) is 1. The summed E-state index contributed by atoms with van der Waals surface area (Å²) in [5.74, 6) is 0.337. The molecule has 4 amide bonds. The Balaban J connectivity index is 1.02. The molecule has 4 aliphatic heterocycles. The van der Waals surface area contributed by atoms with Crippen molar-refractivity contribution in [3.05, 3.63) is 83.2 Å². The van der Waals surface area contributed by atoms with E-state index in [1.54, 1.807) is 11.0 Å². The predicted octanol–water partition coefficient (Wildman–Crippen LogP) is 8.65. The molecule has 9 rings (SSSR count). The molecule has 3 aromatic carbocycles. The van der Waals surface area contributed by atoms with Gasteiger partial charge in [0.1, 0.15) is 29.5 Å². The van der Waals surface area contributed by atoms with Crippen LogP contribution < -0.4 is 20.4 Å². The fourth-order valence-electron chi connectivity index (χ4n) is 11.0. The summed E-state index contributed by atoms with van der Waals surface area (Å²) in [6, 6.07) is 15.7. The zero-order valence-electron chi connectivity index (χ0n) is 39.1. The number of benzene rings is 3. The van der Waals surface area contributed by atoms with Gasteiger partial charge in [-0.3, -0.25) is 9.59 Å². The van der Waals surface area contributed by atoms with Crippen LogP contribution in [-0.2, 0) is 14.3 Å². The van der Waals surface area contributed by atoms with Crippen molar-refractivity contribution in [1.82, 2.24) is 40.4 Å². The van der Waals surface area contributed by atoms with E-state index in [1.165, 1.54) is 7.11 Å². The van der Waals surface area contributed by atoms with Crippen LogP contribution in [0.4, 0.5) is 25.4 Å². The number of nitrogens with zero attached hydrogens (tertiary/aromatic N) is 6. The van der Waals surface area contributed by atoms with E-state index in [4.69, 9.17) is 14.7 Å². The van der Waals surface area contributed by atoms with E-state index in [9.17, 15) is 24.3 Å². The zero-order valence-corrected chi connectivity index (χ0v) is 39.1. The number of carboxylic acid groups (broad SMARTS) is 1. The lowest BCUT2D eigenvalue weighted by molar-refractivity contribution is -0.136. The molecular formula is C50H63FN10O6. The number of rotatable bonds is 12. The highest BCUT2D eigenvalue weighted by molar-refractivity contribution is 5.87. The highest BCUT2D eigenvalue weighted by Crippen LogP contribution is 2.48. The van der Waals surface area contributed by atoms with Crippen LogP contribution in [0.15, 0.2) is 54.6 Å². The molecule has 2 aromatic heterocycles. The number of nitrogens with one attached hydrogen (secondary N) is 4. The monoisotopic (exact) mass is 918 g/mol. The van der Waals surface area contributed by atoms with Crippen LogP contribution in [0, 0.1) is 17.7 Å². The van der Waals surface area contributed by atoms with Gasteiger partial charge in [0.25, 0.3) is 0 Å². The second kappa shape index (κ2) is 19.1. The summed E-state index contributed by atoms with van der Waals surface area (Å²) in [5, 5.41) is 14.6. The number of halogens is 1. The van der Waals surface area contributed by atoms with E-state index in [0.29, 0.717) is 36.8 Å². The van der Waals surface area contributed by atoms with E-state index in [1.807, 2.05) is 50.8 Å². The first kappa shape index (κ1) is 45.8. The van der Waals surface area contributed by atoms with E-state index >= 15 is 4.39 Å². The Morgan fingerprint density at radius 2 is 1.19 bits per heavy atom. The highest BCUT2D eigenvalue weighted by atomic mass is 19.1. The van der Waals surface area contributed by atoms with Crippen molar-refractivity contribution in [2.75, 3.05) is 43.1 Å². The van der Waals surface area contributed by atoms with Crippen LogP contribution in [0.1, 0.15) is 132 Å². The van der Waals surface area contributed by atoms with Crippen molar-refractivity contribution >= 4 is 57.4 Å². The predicted molar refractivity (Wildman–Crippen MR) is 253 cm³/mol.